The molecule has 3 aliphatic rings. The summed E-state index contributed by atoms with van der Waals surface area (Å²) in [7, 11) is 1.67. The molecule has 2 aromatic rings. The van der Waals surface area contributed by atoms with E-state index in [0.717, 1.165) is 74.6 Å². The first-order valence-electron chi connectivity index (χ1n) is 12.0. The second-order valence-corrected chi connectivity index (χ2v) is 9.44. The van der Waals surface area contributed by atoms with E-state index in [0.29, 0.717) is 13.1 Å². The monoisotopic (exact) mass is 448 g/mol. The van der Waals surface area contributed by atoms with Gasteiger partial charge in [0.1, 0.15) is 11.6 Å². The third-order valence-corrected chi connectivity index (χ3v) is 7.24. The van der Waals surface area contributed by atoms with E-state index < -0.39 is 0 Å². The molecule has 1 aliphatic carbocycles. The Morgan fingerprint density at radius 3 is 2.79 bits per heavy atom. The topological polar surface area (TPSA) is 78.5 Å². The van der Waals surface area contributed by atoms with Crippen LogP contribution in [0.3, 0.4) is 0 Å². The van der Waals surface area contributed by atoms with E-state index in [1.54, 1.807) is 7.11 Å². The average Bonchev–Trinajstić information content (AvgIpc) is 3.35. The summed E-state index contributed by atoms with van der Waals surface area (Å²) in [6.07, 6.45) is 8.70. The van der Waals surface area contributed by atoms with Crippen LogP contribution in [-0.2, 0) is 24.3 Å². The van der Waals surface area contributed by atoms with Gasteiger partial charge in [0, 0.05) is 51.0 Å². The van der Waals surface area contributed by atoms with E-state index in [4.69, 9.17) is 9.72 Å². The number of nitrogens with one attached hydrogen (secondary N) is 1. The molecule has 33 heavy (non-hydrogen) atoms. The average molecular weight is 449 g/mol. The molecule has 0 radical (unpaired) electrons. The van der Waals surface area contributed by atoms with Gasteiger partial charge in [0.25, 0.3) is 5.56 Å². The standard InChI is InChI=1S/C26H32N4O3/c1-33-21-9-7-18(8-10-21)15-29-13-12-23-22(17-29)25(31)28-24(27-23)20-11-14-30(16-20)26(32)19-5-3-2-4-6-19/h2-3,7-10,19-20H,4-6,11-17H2,1H3,(H,27,28,31)/t19-,20+/m1/s1. The van der Waals surface area contributed by atoms with Gasteiger partial charge in [-0.25, -0.2) is 4.98 Å². The predicted octanol–water partition coefficient (Wildman–Crippen LogP) is 3.01. The maximum atomic E-state index is 13.0. The van der Waals surface area contributed by atoms with E-state index in [-0.39, 0.29) is 23.3 Å². The number of H-pyrrole nitrogens is 1. The summed E-state index contributed by atoms with van der Waals surface area (Å²) in [6.45, 7) is 3.68. The molecule has 0 unspecified atom stereocenters. The third kappa shape index (κ3) is 4.74. The number of ether oxygens (including phenoxy) is 1. The van der Waals surface area contributed by atoms with Gasteiger partial charge in [0.05, 0.1) is 18.4 Å². The van der Waals surface area contributed by atoms with Crippen molar-refractivity contribution in [2.45, 2.75) is 51.1 Å². The lowest BCUT2D eigenvalue weighted by Crippen LogP contribution is -2.36. The minimum absolute atomic E-state index is 0.0309. The Balaban J connectivity index is 1.24. The lowest BCUT2D eigenvalue weighted by molar-refractivity contribution is -0.134. The Labute approximate surface area is 194 Å². The first-order chi connectivity index (χ1) is 16.1. The van der Waals surface area contributed by atoms with E-state index in [1.807, 2.05) is 17.0 Å². The van der Waals surface area contributed by atoms with Crippen molar-refractivity contribution in [1.29, 1.82) is 0 Å². The van der Waals surface area contributed by atoms with Crippen molar-refractivity contribution in [2.75, 3.05) is 26.7 Å². The molecule has 1 saturated heterocycles. The van der Waals surface area contributed by atoms with Crippen LogP contribution in [0.25, 0.3) is 0 Å². The molecule has 0 saturated carbocycles. The first kappa shape index (κ1) is 21.9. The second-order valence-electron chi connectivity index (χ2n) is 9.44. The predicted molar refractivity (Wildman–Crippen MR) is 126 cm³/mol. The quantitative estimate of drug-likeness (QED) is 0.712. The van der Waals surface area contributed by atoms with Crippen LogP contribution in [0.1, 0.15) is 54.2 Å². The number of fused-ring (bicyclic) bond motifs is 1. The van der Waals surface area contributed by atoms with Crippen LogP contribution in [0.15, 0.2) is 41.2 Å². The fraction of sp³-hybridized carbons (Fsp3) is 0.500. The van der Waals surface area contributed by atoms with Crippen LogP contribution in [0.2, 0.25) is 0 Å². The van der Waals surface area contributed by atoms with Gasteiger partial charge in [0.15, 0.2) is 0 Å². The molecular formula is C26H32N4O3. The normalized spacial score (nSPS) is 22.9. The number of hydrogen-bond donors (Lipinski definition) is 1. The highest BCUT2D eigenvalue weighted by atomic mass is 16.5. The minimum Gasteiger partial charge on any atom is -0.497 e. The molecule has 174 valence electrons. The third-order valence-electron chi connectivity index (χ3n) is 7.24. The number of methoxy groups -OCH3 is 1. The number of aromatic amines is 1. The van der Waals surface area contributed by atoms with Gasteiger partial charge in [0.2, 0.25) is 5.91 Å². The number of amides is 1. The van der Waals surface area contributed by atoms with Crippen LogP contribution < -0.4 is 10.3 Å². The smallest absolute Gasteiger partial charge is 0.255 e. The molecule has 7 heteroatoms. The number of nitrogens with zero attached hydrogens (tertiary/aromatic N) is 3. The van der Waals surface area contributed by atoms with Gasteiger partial charge in [-0.15, -0.1) is 0 Å². The maximum Gasteiger partial charge on any atom is 0.255 e. The zero-order valence-electron chi connectivity index (χ0n) is 19.3. The van der Waals surface area contributed by atoms with Crippen molar-refractivity contribution in [2.24, 2.45) is 5.92 Å². The zero-order valence-corrected chi connectivity index (χ0v) is 19.3. The molecule has 5 rings (SSSR count). The molecule has 3 heterocycles. The molecule has 1 amide bonds. The summed E-state index contributed by atoms with van der Waals surface area (Å²) in [5.41, 5.74) is 2.86. The Hall–Kier alpha value is -2.93. The highest BCUT2D eigenvalue weighted by Gasteiger charge is 2.33. The number of aromatic nitrogens is 2. The largest absolute Gasteiger partial charge is 0.497 e. The Bertz CT molecular complexity index is 1090. The lowest BCUT2D eigenvalue weighted by atomic mass is 9.93. The molecule has 1 aromatic carbocycles. The highest BCUT2D eigenvalue weighted by molar-refractivity contribution is 5.79. The van der Waals surface area contributed by atoms with Crippen LogP contribution in [0.5, 0.6) is 5.75 Å². The maximum absolute atomic E-state index is 13.0. The lowest BCUT2D eigenvalue weighted by Gasteiger charge is -2.28. The SMILES string of the molecule is COc1ccc(CN2CCc3nc([C@H]4CCN(C(=O)[C@@H]5CC=CCC5)C4)[nH]c(=O)c3C2)cc1. The summed E-state index contributed by atoms with van der Waals surface area (Å²) in [6, 6.07) is 8.07. The van der Waals surface area contributed by atoms with Crippen LogP contribution in [0, 0.1) is 5.92 Å². The fourth-order valence-corrected chi connectivity index (χ4v) is 5.28. The first-order valence-corrected chi connectivity index (χ1v) is 12.0. The van der Waals surface area contributed by atoms with Crippen LogP contribution in [0.4, 0.5) is 0 Å². The van der Waals surface area contributed by atoms with Gasteiger partial charge < -0.3 is 14.6 Å². The van der Waals surface area contributed by atoms with E-state index in [2.05, 4.69) is 34.2 Å². The van der Waals surface area contributed by atoms with E-state index in [1.165, 1.54) is 5.56 Å². The highest BCUT2D eigenvalue weighted by Crippen LogP contribution is 2.29. The number of likely N-dealkylation sites (tertiary alicyclic amines) is 1. The summed E-state index contributed by atoms with van der Waals surface area (Å²) < 4.78 is 5.23. The molecule has 1 fully saturated rings. The zero-order chi connectivity index (χ0) is 22.8. The van der Waals surface area contributed by atoms with E-state index in [9.17, 15) is 9.59 Å². The molecule has 2 atom stereocenters. The minimum atomic E-state index is -0.0309. The summed E-state index contributed by atoms with van der Waals surface area (Å²) in [5, 5.41) is 0. The van der Waals surface area contributed by atoms with Crippen LogP contribution >= 0.6 is 0 Å². The number of benzene rings is 1. The van der Waals surface area contributed by atoms with Gasteiger partial charge in [-0.3, -0.25) is 14.5 Å². The Kier molecular flexibility index (Phi) is 6.31. The summed E-state index contributed by atoms with van der Waals surface area (Å²) in [5.74, 6) is 2.08. The van der Waals surface area contributed by atoms with Gasteiger partial charge in [-0.1, -0.05) is 24.3 Å². The molecule has 2 aliphatic heterocycles. The number of carbonyl (C=O) groups is 1. The molecular weight excluding hydrogens is 416 g/mol. The van der Waals surface area contributed by atoms with Gasteiger partial charge in [-0.05, 0) is 43.4 Å². The number of rotatable bonds is 5. The van der Waals surface area contributed by atoms with Crippen molar-refractivity contribution in [3.05, 3.63) is 69.4 Å². The Morgan fingerprint density at radius 1 is 1.18 bits per heavy atom. The van der Waals surface area contributed by atoms with Gasteiger partial charge >= 0.3 is 0 Å². The van der Waals surface area contributed by atoms with Crippen LogP contribution in [-0.4, -0.2) is 52.4 Å². The van der Waals surface area contributed by atoms with Crippen molar-refractivity contribution in [3.8, 4) is 5.75 Å². The van der Waals surface area contributed by atoms with E-state index >= 15 is 0 Å². The summed E-state index contributed by atoms with van der Waals surface area (Å²) >= 11 is 0. The molecule has 7 nitrogen and oxygen atoms in total. The fourth-order valence-electron chi connectivity index (χ4n) is 5.28. The van der Waals surface area contributed by atoms with Crippen molar-refractivity contribution >= 4 is 5.91 Å². The molecule has 1 aromatic heterocycles. The molecule has 0 spiro atoms. The number of hydrogen-bond acceptors (Lipinski definition) is 5. The Morgan fingerprint density at radius 2 is 2.03 bits per heavy atom. The molecule has 1 N–H and O–H groups in total. The number of carbonyl (C=O) groups excluding carboxylic acids is 1. The van der Waals surface area contributed by atoms with Gasteiger partial charge in [-0.2, -0.15) is 0 Å². The second kappa shape index (κ2) is 9.51. The van der Waals surface area contributed by atoms with Crippen molar-refractivity contribution < 1.29 is 9.53 Å². The van der Waals surface area contributed by atoms with Crippen molar-refractivity contribution in [3.63, 3.8) is 0 Å². The van der Waals surface area contributed by atoms with Crippen molar-refractivity contribution in [1.82, 2.24) is 19.8 Å². The summed E-state index contributed by atoms with van der Waals surface area (Å²) in [4.78, 5) is 38.0. The number of allylic oxidation sites excluding steroid dienone is 2. The molecule has 0 bridgehead atoms.